The number of aromatic nitrogens is 2. The van der Waals surface area contributed by atoms with Gasteiger partial charge in [-0.2, -0.15) is 0 Å². The zero-order valence-electron chi connectivity index (χ0n) is 12.8. The minimum Gasteiger partial charge on any atom is -0.481 e. The molecule has 21 heavy (non-hydrogen) atoms. The van der Waals surface area contributed by atoms with Crippen LogP contribution in [-0.4, -0.2) is 54.8 Å². The van der Waals surface area contributed by atoms with Crippen molar-refractivity contribution in [3.05, 3.63) is 11.9 Å². The summed E-state index contributed by atoms with van der Waals surface area (Å²) in [6.45, 7) is 4.19. The van der Waals surface area contributed by atoms with Crippen molar-refractivity contribution >= 4 is 0 Å². The molecule has 1 aromatic heterocycles. The van der Waals surface area contributed by atoms with Crippen molar-refractivity contribution in [1.82, 2.24) is 20.2 Å². The first-order chi connectivity index (χ1) is 10.3. The fourth-order valence-corrected chi connectivity index (χ4v) is 3.09. The standard InChI is InChI=1S/C15H24N4O2/c1-20-14-13(15(21-2)18-10-17-14)8-16-7-11-5-6-19(9-11)12-3-4-12/h10-12,16H,3-9H2,1-2H3. The SMILES string of the molecule is COc1ncnc(OC)c1CNCC1CCN(C2CC2)C1. The molecule has 1 unspecified atom stereocenters. The molecule has 1 saturated carbocycles. The van der Waals surface area contributed by atoms with E-state index in [1.165, 1.54) is 38.7 Å². The van der Waals surface area contributed by atoms with Gasteiger partial charge in [0, 0.05) is 19.1 Å². The zero-order valence-corrected chi connectivity index (χ0v) is 12.8. The Morgan fingerprint density at radius 2 is 1.90 bits per heavy atom. The summed E-state index contributed by atoms with van der Waals surface area (Å²) in [7, 11) is 3.24. The molecule has 2 heterocycles. The minimum atomic E-state index is 0.584. The topological polar surface area (TPSA) is 59.5 Å². The van der Waals surface area contributed by atoms with Crippen LogP contribution in [0.25, 0.3) is 0 Å². The largest absolute Gasteiger partial charge is 0.481 e. The maximum absolute atomic E-state index is 5.29. The summed E-state index contributed by atoms with van der Waals surface area (Å²) >= 11 is 0. The van der Waals surface area contributed by atoms with Crippen LogP contribution < -0.4 is 14.8 Å². The van der Waals surface area contributed by atoms with Gasteiger partial charge in [0.2, 0.25) is 11.8 Å². The van der Waals surface area contributed by atoms with E-state index in [9.17, 15) is 0 Å². The second-order valence-corrected chi connectivity index (χ2v) is 5.88. The molecule has 1 aliphatic heterocycles. The Balaban J connectivity index is 1.51. The van der Waals surface area contributed by atoms with Gasteiger partial charge in [-0.25, -0.2) is 9.97 Å². The highest BCUT2D eigenvalue weighted by Crippen LogP contribution is 2.31. The van der Waals surface area contributed by atoms with E-state index in [0.717, 1.165) is 24.1 Å². The third-order valence-corrected chi connectivity index (χ3v) is 4.37. The highest BCUT2D eigenvalue weighted by molar-refractivity contribution is 5.34. The minimum absolute atomic E-state index is 0.584. The summed E-state index contributed by atoms with van der Waals surface area (Å²) in [6.07, 6.45) is 5.56. The molecule has 1 saturated heterocycles. The van der Waals surface area contributed by atoms with E-state index in [-0.39, 0.29) is 0 Å². The normalized spacial score (nSPS) is 22.5. The molecule has 3 rings (SSSR count). The highest BCUT2D eigenvalue weighted by atomic mass is 16.5. The lowest BCUT2D eigenvalue weighted by molar-refractivity contribution is 0.311. The number of methoxy groups -OCH3 is 2. The molecule has 116 valence electrons. The number of hydrogen-bond donors (Lipinski definition) is 1. The Bertz CT molecular complexity index is 456. The number of hydrogen-bond acceptors (Lipinski definition) is 6. The van der Waals surface area contributed by atoms with E-state index in [2.05, 4.69) is 20.2 Å². The summed E-state index contributed by atoms with van der Waals surface area (Å²) in [4.78, 5) is 10.9. The monoisotopic (exact) mass is 292 g/mol. The molecular formula is C15H24N4O2. The molecule has 2 aliphatic rings. The lowest BCUT2D eigenvalue weighted by atomic mass is 10.1. The summed E-state index contributed by atoms with van der Waals surface area (Å²) in [5, 5.41) is 3.51. The summed E-state index contributed by atoms with van der Waals surface area (Å²) < 4.78 is 10.6. The molecule has 0 spiro atoms. The van der Waals surface area contributed by atoms with Gasteiger partial charge in [0.25, 0.3) is 0 Å². The van der Waals surface area contributed by atoms with E-state index in [1.54, 1.807) is 14.2 Å². The molecule has 1 atom stereocenters. The molecular weight excluding hydrogens is 268 g/mol. The average Bonchev–Trinajstić information content (AvgIpc) is 3.27. The van der Waals surface area contributed by atoms with Gasteiger partial charge < -0.3 is 19.7 Å². The predicted octanol–water partition coefficient (Wildman–Crippen LogP) is 1.07. The van der Waals surface area contributed by atoms with Gasteiger partial charge in [-0.1, -0.05) is 0 Å². The Morgan fingerprint density at radius 3 is 2.52 bits per heavy atom. The second kappa shape index (κ2) is 6.58. The average molecular weight is 292 g/mol. The second-order valence-electron chi connectivity index (χ2n) is 5.88. The Kier molecular flexibility index (Phi) is 4.55. The van der Waals surface area contributed by atoms with Gasteiger partial charge >= 0.3 is 0 Å². The fourth-order valence-electron chi connectivity index (χ4n) is 3.09. The third-order valence-electron chi connectivity index (χ3n) is 4.37. The van der Waals surface area contributed by atoms with Crippen molar-refractivity contribution in [1.29, 1.82) is 0 Å². The highest BCUT2D eigenvalue weighted by Gasteiger charge is 2.34. The van der Waals surface area contributed by atoms with Crippen LogP contribution >= 0.6 is 0 Å². The molecule has 0 amide bonds. The van der Waals surface area contributed by atoms with Crippen molar-refractivity contribution in [2.75, 3.05) is 33.9 Å². The van der Waals surface area contributed by atoms with Crippen LogP contribution in [-0.2, 0) is 6.54 Å². The molecule has 0 bridgehead atoms. The quantitative estimate of drug-likeness (QED) is 0.811. The van der Waals surface area contributed by atoms with Gasteiger partial charge in [0.15, 0.2) is 0 Å². The Morgan fingerprint density at radius 1 is 1.19 bits per heavy atom. The maximum Gasteiger partial charge on any atom is 0.224 e. The van der Waals surface area contributed by atoms with Crippen LogP contribution in [0.2, 0.25) is 0 Å². The Labute approximate surface area is 125 Å². The molecule has 1 aromatic rings. The van der Waals surface area contributed by atoms with Crippen LogP contribution in [0.4, 0.5) is 0 Å². The summed E-state index contributed by atoms with van der Waals surface area (Å²) in [5.74, 6) is 1.91. The van der Waals surface area contributed by atoms with Crippen LogP contribution in [0, 0.1) is 5.92 Å². The van der Waals surface area contributed by atoms with Gasteiger partial charge in [0.1, 0.15) is 6.33 Å². The molecule has 1 aliphatic carbocycles. The zero-order chi connectivity index (χ0) is 14.7. The Hall–Kier alpha value is -1.40. The van der Waals surface area contributed by atoms with Crippen molar-refractivity contribution in [3.8, 4) is 11.8 Å². The lowest BCUT2D eigenvalue weighted by Gasteiger charge is -2.16. The van der Waals surface area contributed by atoms with E-state index < -0.39 is 0 Å². The van der Waals surface area contributed by atoms with Gasteiger partial charge in [0.05, 0.1) is 19.8 Å². The van der Waals surface area contributed by atoms with Crippen LogP contribution in [0.3, 0.4) is 0 Å². The first-order valence-electron chi connectivity index (χ1n) is 7.68. The van der Waals surface area contributed by atoms with E-state index in [4.69, 9.17) is 9.47 Å². The number of nitrogens with one attached hydrogen (secondary N) is 1. The van der Waals surface area contributed by atoms with Gasteiger partial charge in [-0.15, -0.1) is 0 Å². The predicted molar refractivity (Wildman–Crippen MR) is 79.5 cm³/mol. The number of ether oxygens (including phenoxy) is 2. The van der Waals surface area contributed by atoms with Crippen LogP contribution in [0.5, 0.6) is 11.8 Å². The first-order valence-corrected chi connectivity index (χ1v) is 7.68. The number of rotatable bonds is 7. The van der Waals surface area contributed by atoms with Gasteiger partial charge in [-0.3, -0.25) is 0 Å². The fraction of sp³-hybridized carbons (Fsp3) is 0.733. The molecule has 6 heteroatoms. The molecule has 2 fully saturated rings. The van der Waals surface area contributed by atoms with Crippen molar-refractivity contribution < 1.29 is 9.47 Å². The molecule has 1 N–H and O–H groups in total. The van der Waals surface area contributed by atoms with E-state index in [1.807, 2.05) is 0 Å². The third kappa shape index (κ3) is 3.44. The van der Waals surface area contributed by atoms with E-state index >= 15 is 0 Å². The summed E-state index contributed by atoms with van der Waals surface area (Å²) in [5.41, 5.74) is 0.888. The van der Waals surface area contributed by atoms with Gasteiger partial charge in [-0.05, 0) is 38.3 Å². The lowest BCUT2D eigenvalue weighted by Crippen LogP contribution is -2.27. The van der Waals surface area contributed by atoms with Crippen molar-refractivity contribution in [3.63, 3.8) is 0 Å². The van der Waals surface area contributed by atoms with Crippen LogP contribution in [0.1, 0.15) is 24.8 Å². The smallest absolute Gasteiger partial charge is 0.224 e. The van der Waals surface area contributed by atoms with Crippen molar-refractivity contribution in [2.24, 2.45) is 5.92 Å². The van der Waals surface area contributed by atoms with E-state index in [0.29, 0.717) is 18.3 Å². The molecule has 6 nitrogen and oxygen atoms in total. The van der Waals surface area contributed by atoms with Crippen molar-refractivity contribution in [2.45, 2.75) is 31.8 Å². The number of likely N-dealkylation sites (tertiary alicyclic amines) is 1. The van der Waals surface area contributed by atoms with Crippen LogP contribution in [0.15, 0.2) is 6.33 Å². The molecule has 0 aromatic carbocycles. The molecule has 0 radical (unpaired) electrons. The first kappa shape index (κ1) is 14.5. The number of nitrogens with zero attached hydrogens (tertiary/aromatic N) is 3. The maximum atomic E-state index is 5.29. The summed E-state index contributed by atoms with van der Waals surface area (Å²) in [6, 6.07) is 0.887.